The van der Waals surface area contributed by atoms with Crippen molar-refractivity contribution in [1.82, 2.24) is 0 Å². The molecule has 0 saturated heterocycles. The van der Waals surface area contributed by atoms with Crippen molar-refractivity contribution < 1.29 is 0 Å². The van der Waals surface area contributed by atoms with Crippen molar-refractivity contribution in [3.05, 3.63) is 270 Å². The van der Waals surface area contributed by atoms with E-state index in [1.54, 1.807) is 0 Å². The van der Waals surface area contributed by atoms with Gasteiger partial charge in [0.05, 0.1) is 11.1 Å². The lowest BCUT2D eigenvalue weighted by molar-refractivity contribution is 0.660. The summed E-state index contributed by atoms with van der Waals surface area (Å²) in [5.74, 6) is 0. The van der Waals surface area contributed by atoms with Crippen molar-refractivity contribution >= 4 is 17.1 Å². The van der Waals surface area contributed by atoms with Crippen LogP contribution in [0.15, 0.2) is 237 Å². The van der Waals surface area contributed by atoms with Crippen molar-refractivity contribution in [2.75, 3.05) is 4.90 Å². The molecule has 3 aliphatic carbocycles. The molecule has 306 valence electrons. The maximum atomic E-state index is 2.51. The van der Waals surface area contributed by atoms with Gasteiger partial charge in [-0.15, -0.1) is 0 Å². The van der Waals surface area contributed by atoms with E-state index in [0.29, 0.717) is 0 Å². The van der Waals surface area contributed by atoms with E-state index in [2.05, 4.69) is 255 Å². The highest BCUT2D eigenvalue weighted by molar-refractivity contribution is 6.03. The summed E-state index contributed by atoms with van der Waals surface area (Å²) in [5, 5.41) is 0. The Morgan fingerprint density at radius 1 is 0.277 bits per heavy atom. The zero-order valence-corrected chi connectivity index (χ0v) is 36.5. The molecule has 0 radical (unpaired) electrons. The SMILES string of the molecule is CC1(C)c2ccccc2-c2c(-c3ccc(N(c4ccccc4)c4cc(-c5ccccc5)cc5c4-c4ccc(-c6ccccc6)cc4C54c5ccccc5-c5ccccc54)cc3)cccc21. The Bertz CT molecular complexity index is 3440. The standard InChI is InChI=1S/C64H45N/c1-63(2)54-29-15-14-27-52(54)61-49(28-18-32-57(61)63)44-33-36-48(37-34-44)65(47-23-10-5-11-24-47)60-41-46(43-21-8-4-9-22-43)40-59-62(60)53-38-35-45(42-19-6-3-7-20-42)39-58(53)64(59)55-30-16-12-25-50(55)51-26-13-17-31-56(51)64/h3-41H,1-2H3. The molecule has 1 spiro atoms. The van der Waals surface area contributed by atoms with Gasteiger partial charge in [0, 0.05) is 22.4 Å². The molecule has 0 aliphatic heterocycles. The van der Waals surface area contributed by atoms with E-state index in [-0.39, 0.29) is 5.41 Å². The van der Waals surface area contributed by atoms with Gasteiger partial charge < -0.3 is 4.90 Å². The molecule has 0 atom stereocenters. The second-order valence-corrected chi connectivity index (χ2v) is 18.4. The molecule has 0 aromatic heterocycles. The number of hydrogen-bond donors (Lipinski definition) is 0. The Morgan fingerprint density at radius 3 is 1.42 bits per heavy atom. The minimum absolute atomic E-state index is 0.0635. The summed E-state index contributed by atoms with van der Waals surface area (Å²) in [6.45, 7) is 4.72. The summed E-state index contributed by atoms with van der Waals surface area (Å²) in [6, 6.07) is 88.3. The molecule has 65 heavy (non-hydrogen) atoms. The predicted molar refractivity (Wildman–Crippen MR) is 271 cm³/mol. The molecule has 0 saturated carbocycles. The van der Waals surface area contributed by atoms with Crippen LogP contribution in [0.4, 0.5) is 17.1 Å². The van der Waals surface area contributed by atoms with Gasteiger partial charge in [-0.25, -0.2) is 0 Å². The van der Waals surface area contributed by atoms with Crippen LogP contribution in [-0.4, -0.2) is 0 Å². The van der Waals surface area contributed by atoms with Crippen molar-refractivity contribution in [3.8, 4) is 66.8 Å². The molecular weight excluding hydrogens is 783 g/mol. The van der Waals surface area contributed by atoms with Gasteiger partial charge in [0.15, 0.2) is 0 Å². The molecule has 1 nitrogen and oxygen atoms in total. The molecule has 0 unspecified atom stereocenters. The summed E-state index contributed by atoms with van der Waals surface area (Å²) in [7, 11) is 0. The fourth-order valence-electron chi connectivity index (χ4n) is 11.8. The molecule has 13 rings (SSSR count). The lowest BCUT2D eigenvalue weighted by Gasteiger charge is -2.33. The van der Waals surface area contributed by atoms with Crippen LogP contribution >= 0.6 is 0 Å². The van der Waals surface area contributed by atoms with Gasteiger partial charge in [-0.1, -0.05) is 208 Å². The van der Waals surface area contributed by atoms with Gasteiger partial charge in [-0.2, -0.15) is 0 Å². The highest BCUT2D eigenvalue weighted by Crippen LogP contribution is 2.66. The quantitative estimate of drug-likeness (QED) is 0.161. The third kappa shape index (κ3) is 5.39. The van der Waals surface area contributed by atoms with Crippen LogP contribution in [0.2, 0.25) is 0 Å². The van der Waals surface area contributed by atoms with Crippen molar-refractivity contribution in [2.24, 2.45) is 0 Å². The van der Waals surface area contributed by atoms with Gasteiger partial charge in [0.1, 0.15) is 0 Å². The van der Waals surface area contributed by atoms with Crippen molar-refractivity contribution in [3.63, 3.8) is 0 Å². The van der Waals surface area contributed by atoms with Gasteiger partial charge in [0.2, 0.25) is 0 Å². The molecule has 1 heteroatoms. The third-order valence-corrected chi connectivity index (χ3v) is 14.7. The monoisotopic (exact) mass is 827 g/mol. The highest BCUT2D eigenvalue weighted by Gasteiger charge is 2.53. The zero-order valence-electron chi connectivity index (χ0n) is 36.5. The fraction of sp³-hybridized carbons (Fsp3) is 0.0625. The maximum absolute atomic E-state index is 2.51. The van der Waals surface area contributed by atoms with Gasteiger partial charge in [-0.3, -0.25) is 0 Å². The number of anilines is 3. The Kier molecular flexibility index (Phi) is 8.24. The van der Waals surface area contributed by atoms with E-state index in [1.807, 2.05) is 0 Å². The van der Waals surface area contributed by atoms with Crippen LogP contribution in [0.25, 0.3) is 66.8 Å². The first-order chi connectivity index (χ1) is 32.0. The first kappa shape index (κ1) is 37.5. The van der Waals surface area contributed by atoms with Crippen LogP contribution in [0.1, 0.15) is 47.2 Å². The lowest BCUT2D eigenvalue weighted by Crippen LogP contribution is -2.26. The second-order valence-electron chi connectivity index (χ2n) is 18.4. The average Bonchev–Trinajstić information content (AvgIpc) is 3.93. The highest BCUT2D eigenvalue weighted by atomic mass is 15.1. The Hall–Kier alpha value is -8.00. The van der Waals surface area contributed by atoms with E-state index in [0.717, 1.165) is 17.1 Å². The normalized spacial score (nSPS) is 13.9. The largest absolute Gasteiger partial charge is 0.310 e. The maximum Gasteiger partial charge on any atom is 0.0726 e. The van der Waals surface area contributed by atoms with Gasteiger partial charge in [0.25, 0.3) is 0 Å². The van der Waals surface area contributed by atoms with Gasteiger partial charge >= 0.3 is 0 Å². The summed E-state index contributed by atoms with van der Waals surface area (Å²) in [4.78, 5) is 2.50. The van der Waals surface area contributed by atoms with Crippen molar-refractivity contribution in [2.45, 2.75) is 24.7 Å². The molecule has 0 heterocycles. The van der Waals surface area contributed by atoms with E-state index in [4.69, 9.17) is 0 Å². The fourth-order valence-corrected chi connectivity index (χ4v) is 11.8. The van der Waals surface area contributed by atoms with E-state index in [9.17, 15) is 0 Å². The predicted octanol–water partition coefficient (Wildman–Crippen LogP) is 16.8. The summed E-state index contributed by atoms with van der Waals surface area (Å²) in [5.41, 5.74) is 25.9. The Labute approximate surface area is 381 Å². The number of hydrogen-bond acceptors (Lipinski definition) is 1. The van der Waals surface area contributed by atoms with Crippen molar-refractivity contribution in [1.29, 1.82) is 0 Å². The second kappa shape index (κ2) is 14.3. The van der Waals surface area contributed by atoms with E-state index >= 15 is 0 Å². The van der Waals surface area contributed by atoms with Crippen LogP contribution in [0, 0.1) is 0 Å². The molecule has 10 aromatic rings. The van der Waals surface area contributed by atoms with Crippen LogP contribution in [-0.2, 0) is 10.8 Å². The summed E-state index contributed by atoms with van der Waals surface area (Å²) in [6.07, 6.45) is 0. The lowest BCUT2D eigenvalue weighted by atomic mass is 9.70. The molecule has 3 aliphatic rings. The Morgan fingerprint density at radius 2 is 0.754 bits per heavy atom. The minimum atomic E-state index is -0.549. The van der Waals surface area contributed by atoms with Crippen LogP contribution in [0.3, 0.4) is 0 Å². The molecule has 0 amide bonds. The number of nitrogens with zero attached hydrogens (tertiary/aromatic N) is 1. The molecule has 10 aromatic carbocycles. The first-order valence-corrected chi connectivity index (χ1v) is 22.8. The van der Waals surface area contributed by atoms with E-state index < -0.39 is 5.41 Å². The van der Waals surface area contributed by atoms with E-state index in [1.165, 1.54) is 100 Å². The van der Waals surface area contributed by atoms with Crippen LogP contribution in [0.5, 0.6) is 0 Å². The molecule has 0 fully saturated rings. The minimum Gasteiger partial charge on any atom is -0.310 e. The van der Waals surface area contributed by atoms with Crippen LogP contribution < -0.4 is 4.90 Å². The zero-order chi connectivity index (χ0) is 43.3. The molecule has 0 N–H and O–H groups in total. The number of para-hydroxylation sites is 1. The molecule has 0 bridgehead atoms. The number of rotatable bonds is 6. The average molecular weight is 828 g/mol. The Balaban J connectivity index is 1.09. The molecular formula is C64H45N. The van der Waals surface area contributed by atoms with Gasteiger partial charge in [-0.05, 0) is 137 Å². The number of benzene rings is 10. The number of fused-ring (bicyclic) bond motifs is 13. The first-order valence-electron chi connectivity index (χ1n) is 22.8. The smallest absolute Gasteiger partial charge is 0.0726 e. The topological polar surface area (TPSA) is 3.24 Å². The summed E-state index contributed by atoms with van der Waals surface area (Å²) < 4.78 is 0. The summed E-state index contributed by atoms with van der Waals surface area (Å²) >= 11 is 0. The third-order valence-electron chi connectivity index (χ3n) is 14.7.